The highest BCUT2D eigenvalue weighted by atomic mass is 32.1. The molecule has 1 atom stereocenters. The summed E-state index contributed by atoms with van der Waals surface area (Å²) in [5, 5.41) is 3.57. The van der Waals surface area contributed by atoms with Crippen LogP contribution in [0.5, 0.6) is 0 Å². The van der Waals surface area contributed by atoms with Crippen LogP contribution >= 0.6 is 11.3 Å². The Kier molecular flexibility index (Phi) is 3.36. The Morgan fingerprint density at radius 1 is 1.56 bits per heavy atom. The zero-order chi connectivity index (χ0) is 13.3. The van der Waals surface area contributed by atoms with Crippen LogP contribution in [0.15, 0.2) is 6.20 Å². The minimum absolute atomic E-state index is 0.162. The van der Waals surface area contributed by atoms with E-state index in [1.165, 1.54) is 23.3 Å². The van der Waals surface area contributed by atoms with Gasteiger partial charge in [0.25, 0.3) is 5.91 Å². The molecular weight excluding hydrogens is 254 g/mol. The lowest BCUT2D eigenvalue weighted by Crippen LogP contribution is -2.47. The molecule has 0 aromatic carbocycles. The second-order valence-corrected chi connectivity index (χ2v) is 5.75. The van der Waals surface area contributed by atoms with Crippen LogP contribution in [-0.4, -0.2) is 41.1 Å². The maximum atomic E-state index is 12.2. The molecule has 0 radical (unpaired) electrons. The predicted molar refractivity (Wildman–Crippen MR) is 66.2 cm³/mol. The summed E-state index contributed by atoms with van der Waals surface area (Å²) in [6.45, 7) is 3.97. The van der Waals surface area contributed by atoms with Crippen LogP contribution in [-0.2, 0) is 16.1 Å². The summed E-state index contributed by atoms with van der Waals surface area (Å²) in [4.78, 5) is 30.2. The number of carbonyl (C=O) groups is 2. The highest BCUT2D eigenvalue weighted by molar-refractivity contribution is 7.11. The zero-order valence-corrected chi connectivity index (χ0v) is 11.3. The van der Waals surface area contributed by atoms with E-state index in [1.807, 2.05) is 6.92 Å². The molecular formula is C11H15N3O3S. The first-order valence-electron chi connectivity index (χ1n) is 5.50. The first-order valence-corrected chi connectivity index (χ1v) is 6.32. The average Bonchev–Trinajstić information content (AvgIpc) is 2.78. The first kappa shape index (κ1) is 13.0. The smallest absolute Gasteiger partial charge is 0.325 e. The van der Waals surface area contributed by atoms with Gasteiger partial charge in [0, 0.05) is 18.2 Å². The van der Waals surface area contributed by atoms with E-state index in [9.17, 15) is 9.59 Å². The number of hydrogen-bond donors (Lipinski definition) is 1. The molecule has 1 fully saturated rings. The Labute approximate surface area is 109 Å². The molecule has 1 saturated heterocycles. The number of hydrogen-bond acceptors (Lipinski definition) is 5. The molecule has 98 valence electrons. The van der Waals surface area contributed by atoms with E-state index in [-0.39, 0.29) is 25.1 Å². The van der Waals surface area contributed by atoms with Crippen molar-refractivity contribution >= 4 is 23.3 Å². The summed E-state index contributed by atoms with van der Waals surface area (Å²) in [5.74, 6) is -0.264. The van der Waals surface area contributed by atoms with E-state index >= 15 is 0 Å². The van der Waals surface area contributed by atoms with Gasteiger partial charge in [-0.25, -0.2) is 9.78 Å². The first-order chi connectivity index (χ1) is 8.46. The molecule has 1 aromatic rings. The van der Waals surface area contributed by atoms with Crippen LogP contribution in [0.25, 0.3) is 0 Å². The topological polar surface area (TPSA) is 71.5 Å². The molecule has 2 heterocycles. The van der Waals surface area contributed by atoms with Gasteiger partial charge in [-0.1, -0.05) is 0 Å². The molecule has 0 aliphatic carbocycles. The SMILES string of the molecule is COCC1(C)NC(=O)N(Cc2cnc(C)s2)C1=O. The fourth-order valence-corrected chi connectivity index (χ4v) is 2.70. The van der Waals surface area contributed by atoms with Crippen molar-refractivity contribution in [2.45, 2.75) is 25.9 Å². The molecule has 1 N–H and O–H groups in total. The summed E-state index contributed by atoms with van der Waals surface area (Å²) >= 11 is 1.48. The minimum Gasteiger partial charge on any atom is -0.382 e. The number of imide groups is 1. The number of rotatable bonds is 4. The van der Waals surface area contributed by atoms with Gasteiger partial charge in [-0.15, -0.1) is 11.3 Å². The predicted octanol–water partition coefficient (Wildman–Crippen LogP) is 0.908. The van der Waals surface area contributed by atoms with Crippen LogP contribution in [0.1, 0.15) is 16.8 Å². The van der Waals surface area contributed by atoms with Gasteiger partial charge in [-0.3, -0.25) is 9.69 Å². The monoisotopic (exact) mass is 269 g/mol. The molecule has 0 bridgehead atoms. The highest BCUT2D eigenvalue weighted by Crippen LogP contribution is 2.22. The number of methoxy groups -OCH3 is 1. The fraction of sp³-hybridized carbons (Fsp3) is 0.545. The van der Waals surface area contributed by atoms with Crippen LogP contribution in [0.2, 0.25) is 0 Å². The van der Waals surface area contributed by atoms with Gasteiger partial charge >= 0.3 is 6.03 Å². The van der Waals surface area contributed by atoms with Gasteiger partial charge < -0.3 is 10.1 Å². The maximum absolute atomic E-state index is 12.2. The fourth-order valence-electron chi connectivity index (χ4n) is 1.91. The van der Waals surface area contributed by atoms with Crippen molar-refractivity contribution in [3.05, 3.63) is 16.1 Å². The normalized spacial score (nSPS) is 23.6. The van der Waals surface area contributed by atoms with Crippen molar-refractivity contribution in [1.82, 2.24) is 15.2 Å². The number of aryl methyl sites for hydroxylation is 1. The Morgan fingerprint density at radius 2 is 2.28 bits per heavy atom. The summed E-state index contributed by atoms with van der Waals surface area (Å²) in [5.41, 5.74) is -0.967. The second-order valence-electron chi connectivity index (χ2n) is 4.43. The summed E-state index contributed by atoms with van der Waals surface area (Å²) in [6, 6.07) is -0.384. The van der Waals surface area contributed by atoms with Crippen molar-refractivity contribution in [2.24, 2.45) is 0 Å². The van der Waals surface area contributed by atoms with Gasteiger partial charge in [0.15, 0.2) is 0 Å². The standard InChI is InChI=1S/C11H15N3O3S/c1-7-12-4-8(18-7)5-14-9(15)11(2,6-17-3)13-10(14)16/h4H,5-6H2,1-3H3,(H,13,16). The molecule has 3 amide bonds. The van der Waals surface area contributed by atoms with Gasteiger partial charge in [0.1, 0.15) is 5.54 Å². The molecule has 18 heavy (non-hydrogen) atoms. The molecule has 2 rings (SSSR count). The second kappa shape index (κ2) is 4.66. The zero-order valence-electron chi connectivity index (χ0n) is 10.5. The van der Waals surface area contributed by atoms with E-state index in [2.05, 4.69) is 10.3 Å². The summed E-state index contributed by atoms with van der Waals surface area (Å²) in [6.07, 6.45) is 1.69. The van der Waals surface area contributed by atoms with Crippen LogP contribution < -0.4 is 5.32 Å². The molecule has 1 aliphatic rings. The Balaban J connectivity index is 2.14. The summed E-state index contributed by atoms with van der Waals surface area (Å²) in [7, 11) is 1.50. The lowest BCUT2D eigenvalue weighted by Gasteiger charge is -2.20. The Morgan fingerprint density at radius 3 is 2.83 bits per heavy atom. The Bertz CT molecular complexity index is 488. The van der Waals surface area contributed by atoms with Gasteiger partial charge in [0.05, 0.1) is 18.2 Å². The third-order valence-electron chi connectivity index (χ3n) is 2.76. The third kappa shape index (κ3) is 2.23. The van der Waals surface area contributed by atoms with Crippen LogP contribution in [0, 0.1) is 6.92 Å². The highest BCUT2D eigenvalue weighted by Gasteiger charge is 2.47. The van der Waals surface area contributed by atoms with Gasteiger partial charge in [-0.05, 0) is 13.8 Å². The van der Waals surface area contributed by atoms with E-state index in [1.54, 1.807) is 13.1 Å². The van der Waals surface area contributed by atoms with Crippen molar-refractivity contribution in [1.29, 1.82) is 0 Å². The van der Waals surface area contributed by atoms with E-state index in [4.69, 9.17) is 4.74 Å². The van der Waals surface area contributed by atoms with Gasteiger partial charge in [-0.2, -0.15) is 0 Å². The van der Waals surface area contributed by atoms with Crippen molar-refractivity contribution in [3.63, 3.8) is 0 Å². The maximum Gasteiger partial charge on any atom is 0.325 e. The number of amides is 3. The molecule has 6 nitrogen and oxygen atoms in total. The lowest BCUT2D eigenvalue weighted by molar-refractivity contribution is -0.132. The van der Waals surface area contributed by atoms with Gasteiger partial charge in [0.2, 0.25) is 0 Å². The molecule has 1 aliphatic heterocycles. The number of nitrogens with zero attached hydrogens (tertiary/aromatic N) is 2. The largest absolute Gasteiger partial charge is 0.382 e. The molecule has 1 aromatic heterocycles. The molecule has 7 heteroatoms. The number of ether oxygens (including phenoxy) is 1. The number of urea groups is 1. The number of carbonyl (C=O) groups excluding carboxylic acids is 2. The average molecular weight is 269 g/mol. The van der Waals surface area contributed by atoms with Crippen LogP contribution in [0.3, 0.4) is 0 Å². The number of nitrogens with one attached hydrogen (secondary N) is 1. The third-order valence-corrected chi connectivity index (χ3v) is 3.66. The number of aromatic nitrogens is 1. The number of thiazole rings is 1. The van der Waals surface area contributed by atoms with Crippen molar-refractivity contribution in [2.75, 3.05) is 13.7 Å². The van der Waals surface area contributed by atoms with Crippen molar-refractivity contribution in [3.8, 4) is 0 Å². The van der Waals surface area contributed by atoms with E-state index < -0.39 is 5.54 Å². The molecule has 0 spiro atoms. The Hall–Kier alpha value is -1.47. The lowest BCUT2D eigenvalue weighted by atomic mass is 10.0. The molecule has 1 unspecified atom stereocenters. The van der Waals surface area contributed by atoms with Crippen LogP contribution in [0.4, 0.5) is 4.79 Å². The van der Waals surface area contributed by atoms with Crippen molar-refractivity contribution < 1.29 is 14.3 Å². The van der Waals surface area contributed by atoms with E-state index in [0.717, 1.165) is 9.88 Å². The minimum atomic E-state index is -0.967. The summed E-state index contributed by atoms with van der Waals surface area (Å²) < 4.78 is 4.98. The molecule has 0 saturated carbocycles. The van der Waals surface area contributed by atoms with E-state index in [0.29, 0.717) is 0 Å². The quantitative estimate of drug-likeness (QED) is 0.825.